The molecule has 2 aromatic rings. The fourth-order valence-corrected chi connectivity index (χ4v) is 2.41. The molecule has 0 fully saturated rings. The Hall–Kier alpha value is -1.00. The van der Waals surface area contributed by atoms with Crippen LogP contribution in [0.15, 0.2) is 22.7 Å². The minimum Gasteiger partial charge on any atom is -0.508 e. The number of phenolic OH excluding ortho intramolecular Hbond substituents is 1. The van der Waals surface area contributed by atoms with E-state index in [9.17, 15) is 5.11 Å². The van der Waals surface area contributed by atoms with Gasteiger partial charge < -0.3 is 15.4 Å². The van der Waals surface area contributed by atoms with Crippen molar-refractivity contribution in [3.05, 3.63) is 28.4 Å². The molecular formula is C10H11BrN2O. The normalized spacial score (nSPS) is 11.1. The van der Waals surface area contributed by atoms with Crippen molar-refractivity contribution in [2.45, 2.75) is 6.54 Å². The zero-order valence-corrected chi connectivity index (χ0v) is 9.37. The van der Waals surface area contributed by atoms with Crippen LogP contribution in [0.25, 0.3) is 10.9 Å². The number of nitrogens with two attached hydrogens (primary N) is 1. The van der Waals surface area contributed by atoms with Crippen LogP contribution in [0.5, 0.6) is 5.75 Å². The summed E-state index contributed by atoms with van der Waals surface area (Å²) in [5.74, 6) is 0.271. The number of rotatable bonds is 1. The molecule has 4 heteroatoms. The van der Waals surface area contributed by atoms with Crippen LogP contribution in [0.2, 0.25) is 0 Å². The van der Waals surface area contributed by atoms with Crippen molar-refractivity contribution in [2.75, 3.05) is 0 Å². The second kappa shape index (κ2) is 3.29. The first-order valence-electron chi connectivity index (χ1n) is 4.31. The third-order valence-corrected chi connectivity index (χ3v) is 3.31. The first-order valence-corrected chi connectivity index (χ1v) is 5.10. The van der Waals surface area contributed by atoms with Gasteiger partial charge in [-0.2, -0.15) is 0 Å². The summed E-state index contributed by atoms with van der Waals surface area (Å²) in [4.78, 5) is 0. The van der Waals surface area contributed by atoms with Gasteiger partial charge >= 0.3 is 0 Å². The van der Waals surface area contributed by atoms with Gasteiger partial charge in [-0.3, -0.25) is 0 Å². The summed E-state index contributed by atoms with van der Waals surface area (Å²) in [5.41, 5.74) is 7.74. The smallest absolute Gasteiger partial charge is 0.116 e. The van der Waals surface area contributed by atoms with Gasteiger partial charge in [-0.25, -0.2) is 0 Å². The van der Waals surface area contributed by atoms with E-state index in [-0.39, 0.29) is 5.75 Å². The molecule has 1 aromatic heterocycles. The summed E-state index contributed by atoms with van der Waals surface area (Å²) in [6.45, 7) is 0.479. The zero-order chi connectivity index (χ0) is 10.3. The van der Waals surface area contributed by atoms with Gasteiger partial charge in [0.05, 0.1) is 0 Å². The Morgan fingerprint density at radius 1 is 1.50 bits per heavy atom. The molecule has 1 heterocycles. The second-order valence-corrected chi connectivity index (χ2v) is 4.02. The number of halogens is 1. The monoisotopic (exact) mass is 254 g/mol. The van der Waals surface area contributed by atoms with Crippen LogP contribution in [-0.2, 0) is 13.6 Å². The summed E-state index contributed by atoms with van der Waals surface area (Å²) in [6.07, 6.45) is 0. The number of nitrogens with zero attached hydrogens (tertiary/aromatic N) is 1. The summed E-state index contributed by atoms with van der Waals surface area (Å²) in [7, 11) is 1.96. The van der Waals surface area contributed by atoms with Gasteiger partial charge in [0.15, 0.2) is 0 Å². The zero-order valence-electron chi connectivity index (χ0n) is 7.79. The average molecular weight is 255 g/mol. The number of hydrogen-bond acceptors (Lipinski definition) is 2. The van der Waals surface area contributed by atoms with Gasteiger partial charge in [-0.1, -0.05) is 0 Å². The lowest BCUT2D eigenvalue weighted by atomic mass is 10.2. The summed E-state index contributed by atoms with van der Waals surface area (Å²) in [5, 5.41) is 10.4. The quantitative estimate of drug-likeness (QED) is 0.819. The van der Waals surface area contributed by atoms with E-state index in [1.54, 1.807) is 12.1 Å². The highest BCUT2D eigenvalue weighted by molar-refractivity contribution is 9.10. The van der Waals surface area contributed by atoms with Crippen LogP contribution < -0.4 is 5.73 Å². The molecule has 0 aliphatic heterocycles. The van der Waals surface area contributed by atoms with Crippen molar-refractivity contribution in [3.63, 3.8) is 0 Å². The van der Waals surface area contributed by atoms with E-state index in [0.717, 1.165) is 21.1 Å². The lowest BCUT2D eigenvalue weighted by molar-refractivity contribution is 0.476. The Morgan fingerprint density at radius 3 is 2.86 bits per heavy atom. The van der Waals surface area contributed by atoms with E-state index in [1.807, 2.05) is 17.7 Å². The topological polar surface area (TPSA) is 51.2 Å². The molecular weight excluding hydrogens is 244 g/mol. The van der Waals surface area contributed by atoms with E-state index in [4.69, 9.17) is 5.73 Å². The lowest BCUT2D eigenvalue weighted by Gasteiger charge is -2.00. The molecule has 3 N–H and O–H groups in total. The third kappa shape index (κ3) is 1.22. The molecule has 0 radical (unpaired) electrons. The second-order valence-electron chi connectivity index (χ2n) is 3.23. The molecule has 0 aliphatic rings. The standard InChI is InChI=1S/C10H11BrN2O/c1-13-8-3-2-6(14)4-7(8)10(11)9(13)5-12/h2-4,14H,5,12H2,1H3. The number of phenols is 1. The van der Waals surface area contributed by atoms with Crippen molar-refractivity contribution in [2.24, 2.45) is 12.8 Å². The molecule has 0 amide bonds. The lowest BCUT2D eigenvalue weighted by Crippen LogP contribution is -2.03. The molecule has 3 nitrogen and oxygen atoms in total. The molecule has 14 heavy (non-hydrogen) atoms. The Labute approximate surface area is 90.3 Å². The maximum atomic E-state index is 9.37. The van der Waals surface area contributed by atoms with E-state index in [1.165, 1.54) is 0 Å². The van der Waals surface area contributed by atoms with Gasteiger partial charge in [-0.05, 0) is 34.1 Å². The van der Waals surface area contributed by atoms with Crippen LogP contribution in [-0.4, -0.2) is 9.67 Å². The van der Waals surface area contributed by atoms with Crippen molar-refractivity contribution in [1.82, 2.24) is 4.57 Å². The number of hydrogen-bond donors (Lipinski definition) is 2. The van der Waals surface area contributed by atoms with Crippen LogP contribution in [0.1, 0.15) is 5.69 Å². The predicted molar refractivity (Wildman–Crippen MR) is 60.2 cm³/mol. The molecule has 0 saturated carbocycles. The van der Waals surface area contributed by atoms with Crippen molar-refractivity contribution in [3.8, 4) is 5.75 Å². The molecule has 0 unspecified atom stereocenters. The SMILES string of the molecule is Cn1c(CN)c(Br)c2cc(O)ccc21. The van der Waals surface area contributed by atoms with Gasteiger partial charge in [0.25, 0.3) is 0 Å². The van der Waals surface area contributed by atoms with Crippen molar-refractivity contribution >= 4 is 26.8 Å². The molecule has 0 aliphatic carbocycles. The van der Waals surface area contributed by atoms with Crippen LogP contribution >= 0.6 is 15.9 Å². The molecule has 0 spiro atoms. The van der Waals surface area contributed by atoms with Crippen LogP contribution in [0.4, 0.5) is 0 Å². The largest absolute Gasteiger partial charge is 0.508 e. The summed E-state index contributed by atoms with van der Waals surface area (Å²) in [6, 6.07) is 5.29. The van der Waals surface area contributed by atoms with Gasteiger partial charge in [0.2, 0.25) is 0 Å². The van der Waals surface area contributed by atoms with Crippen molar-refractivity contribution < 1.29 is 5.11 Å². The highest BCUT2D eigenvalue weighted by Gasteiger charge is 2.11. The Bertz CT molecular complexity index is 490. The average Bonchev–Trinajstić information content (AvgIpc) is 2.39. The van der Waals surface area contributed by atoms with Gasteiger partial charge in [-0.15, -0.1) is 0 Å². The highest BCUT2D eigenvalue weighted by atomic mass is 79.9. The van der Waals surface area contributed by atoms with Gasteiger partial charge in [0, 0.05) is 34.7 Å². The Kier molecular flexibility index (Phi) is 2.25. The van der Waals surface area contributed by atoms with Crippen LogP contribution in [0, 0.1) is 0 Å². The highest BCUT2D eigenvalue weighted by Crippen LogP contribution is 2.32. The first-order chi connectivity index (χ1) is 6.65. The fourth-order valence-electron chi connectivity index (χ4n) is 1.67. The summed E-state index contributed by atoms with van der Waals surface area (Å²) >= 11 is 3.49. The van der Waals surface area contributed by atoms with E-state index in [0.29, 0.717) is 6.54 Å². The summed E-state index contributed by atoms with van der Waals surface area (Å²) < 4.78 is 2.99. The maximum absolute atomic E-state index is 9.37. The van der Waals surface area contributed by atoms with E-state index < -0.39 is 0 Å². The molecule has 0 bridgehead atoms. The molecule has 74 valence electrons. The van der Waals surface area contributed by atoms with E-state index in [2.05, 4.69) is 15.9 Å². The minimum absolute atomic E-state index is 0.271. The van der Waals surface area contributed by atoms with E-state index >= 15 is 0 Å². The molecule has 0 atom stereocenters. The fraction of sp³-hybridized carbons (Fsp3) is 0.200. The Balaban J connectivity index is 2.87. The molecule has 2 rings (SSSR count). The number of fused-ring (bicyclic) bond motifs is 1. The number of aryl methyl sites for hydroxylation is 1. The number of aromatic hydroxyl groups is 1. The third-order valence-electron chi connectivity index (χ3n) is 2.43. The molecule has 1 aromatic carbocycles. The minimum atomic E-state index is 0.271. The Morgan fingerprint density at radius 2 is 2.21 bits per heavy atom. The predicted octanol–water partition coefficient (Wildman–Crippen LogP) is 2.11. The van der Waals surface area contributed by atoms with Gasteiger partial charge in [0.1, 0.15) is 5.75 Å². The number of benzene rings is 1. The van der Waals surface area contributed by atoms with Crippen molar-refractivity contribution in [1.29, 1.82) is 0 Å². The first kappa shape index (κ1) is 9.55. The number of aromatic nitrogens is 1. The van der Waals surface area contributed by atoms with Crippen LogP contribution in [0.3, 0.4) is 0 Å². The maximum Gasteiger partial charge on any atom is 0.116 e. The molecule has 0 saturated heterocycles.